The second-order valence-electron chi connectivity index (χ2n) is 3.22. The molecule has 7 nitrogen and oxygen atoms in total. The summed E-state index contributed by atoms with van der Waals surface area (Å²) in [6.07, 6.45) is 3.45. The molecule has 2 rings (SSSR count). The molecular weight excluding hydrogens is 242 g/mol. The van der Waals surface area contributed by atoms with Crippen LogP contribution in [0.2, 0.25) is 0 Å². The third-order valence-corrected chi connectivity index (χ3v) is 2.93. The van der Waals surface area contributed by atoms with Crippen molar-refractivity contribution in [3.63, 3.8) is 0 Å². The molecule has 2 heterocycles. The van der Waals surface area contributed by atoms with Crippen LogP contribution in [0.15, 0.2) is 12.4 Å². The zero-order valence-corrected chi connectivity index (χ0v) is 9.87. The van der Waals surface area contributed by atoms with E-state index >= 15 is 0 Å². The summed E-state index contributed by atoms with van der Waals surface area (Å²) in [5, 5.41) is 10.2. The average Bonchev–Trinajstić information content (AvgIpc) is 2.95. The SMILES string of the molecule is COC(=O)c1c(N)nsc1NCc1cn[nH]c1. The van der Waals surface area contributed by atoms with Crippen molar-refractivity contribution in [3.8, 4) is 0 Å². The maximum absolute atomic E-state index is 11.5. The summed E-state index contributed by atoms with van der Waals surface area (Å²) >= 11 is 1.12. The Hall–Kier alpha value is -2.09. The molecule has 2 aromatic rings. The van der Waals surface area contributed by atoms with E-state index in [1.807, 2.05) is 0 Å². The molecule has 0 saturated carbocycles. The minimum atomic E-state index is -0.494. The number of methoxy groups -OCH3 is 1. The molecule has 2 aromatic heterocycles. The van der Waals surface area contributed by atoms with E-state index < -0.39 is 5.97 Å². The number of nitrogens with zero attached hydrogens (tertiary/aromatic N) is 2. The van der Waals surface area contributed by atoms with E-state index in [1.165, 1.54) is 7.11 Å². The molecule has 0 fully saturated rings. The summed E-state index contributed by atoms with van der Waals surface area (Å²) in [4.78, 5) is 11.5. The standard InChI is InChI=1S/C9H11N5O2S/c1-16-9(15)6-7(10)14-17-8(6)11-2-5-3-12-13-4-5/h3-4,11H,2H2,1H3,(H2,10,14)(H,12,13). The number of aromatic nitrogens is 3. The van der Waals surface area contributed by atoms with Gasteiger partial charge in [0.2, 0.25) is 0 Å². The lowest BCUT2D eigenvalue weighted by atomic mass is 10.3. The monoisotopic (exact) mass is 253 g/mol. The van der Waals surface area contributed by atoms with Gasteiger partial charge in [0.1, 0.15) is 10.6 Å². The van der Waals surface area contributed by atoms with E-state index in [2.05, 4.69) is 24.6 Å². The number of hydrogen-bond donors (Lipinski definition) is 3. The minimum absolute atomic E-state index is 0.177. The van der Waals surface area contributed by atoms with Crippen LogP contribution < -0.4 is 11.1 Å². The second-order valence-corrected chi connectivity index (χ2v) is 4.00. The van der Waals surface area contributed by atoms with Crippen molar-refractivity contribution >= 4 is 28.3 Å². The van der Waals surface area contributed by atoms with Crippen LogP contribution in [0, 0.1) is 0 Å². The molecule has 90 valence electrons. The fraction of sp³-hybridized carbons (Fsp3) is 0.222. The van der Waals surface area contributed by atoms with Gasteiger partial charge in [-0.3, -0.25) is 5.10 Å². The summed E-state index contributed by atoms with van der Waals surface area (Å²) < 4.78 is 8.56. The number of nitrogens with two attached hydrogens (primary N) is 1. The molecule has 4 N–H and O–H groups in total. The van der Waals surface area contributed by atoms with Gasteiger partial charge in [-0.1, -0.05) is 0 Å². The highest BCUT2D eigenvalue weighted by Crippen LogP contribution is 2.27. The van der Waals surface area contributed by atoms with E-state index in [-0.39, 0.29) is 11.4 Å². The summed E-state index contributed by atoms with van der Waals surface area (Å²) in [7, 11) is 1.30. The molecule has 0 atom stereocenters. The first-order chi connectivity index (χ1) is 8.22. The highest BCUT2D eigenvalue weighted by molar-refractivity contribution is 7.11. The van der Waals surface area contributed by atoms with Gasteiger partial charge in [0.05, 0.1) is 13.3 Å². The highest BCUT2D eigenvalue weighted by atomic mass is 32.1. The Morgan fingerprint density at radius 2 is 2.53 bits per heavy atom. The van der Waals surface area contributed by atoms with Gasteiger partial charge in [-0.25, -0.2) is 4.79 Å². The average molecular weight is 253 g/mol. The van der Waals surface area contributed by atoms with Gasteiger partial charge in [0.15, 0.2) is 5.82 Å². The third-order valence-electron chi connectivity index (χ3n) is 2.12. The fourth-order valence-corrected chi connectivity index (χ4v) is 1.98. The van der Waals surface area contributed by atoms with Gasteiger partial charge in [-0.15, -0.1) is 0 Å². The van der Waals surface area contributed by atoms with Crippen molar-refractivity contribution in [2.45, 2.75) is 6.54 Å². The van der Waals surface area contributed by atoms with Gasteiger partial charge >= 0.3 is 5.97 Å². The van der Waals surface area contributed by atoms with Gasteiger partial charge < -0.3 is 15.8 Å². The molecule has 0 spiro atoms. The Morgan fingerprint density at radius 1 is 1.71 bits per heavy atom. The first-order valence-electron chi connectivity index (χ1n) is 4.77. The van der Waals surface area contributed by atoms with Crippen LogP contribution in [0.3, 0.4) is 0 Å². The van der Waals surface area contributed by atoms with Gasteiger partial charge in [-0.05, 0) is 11.5 Å². The van der Waals surface area contributed by atoms with Crippen molar-refractivity contribution in [2.75, 3.05) is 18.2 Å². The van der Waals surface area contributed by atoms with Crippen molar-refractivity contribution in [3.05, 3.63) is 23.5 Å². The Kier molecular flexibility index (Phi) is 3.24. The Labute approximate surface area is 101 Å². The predicted octanol–water partition coefficient (Wildman–Crippen LogP) is 0.847. The zero-order chi connectivity index (χ0) is 12.3. The topological polar surface area (TPSA) is 106 Å². The molecule has 0 amide bonds. The molecular formula is C9H11N5O2S. The molecule has 0 aliphatic carbocycles. The zero-order valence-electron chi connectivity index (χ0n) is 9.06. The van der Waals surface area contributed by atoms with Crippen molar-refractivity contribution in [1.82, 2.24) is 14.6 Å². The van der Waals surface area contributed by atoms with E-state index in [9.17, 15) is 4.79 Å². The number of nitrogens with one attached hydrogen (secondary N) is 2. The maximum atomic E-state index is 11.5. The molecule has 0 unspecified atom stereocenters. The number of carbonyl (C=O) groups is 1. The highest BCUT2D eigenvalue weighted by Gasteiger charge is 2.19. The molecule has 0 aliphatic rings. The second kappa shape index (κ2) is 4.83. The lowest BCUT2D eigenvalue weighted by molar-refractivity contribution is 0.0603. The van der Waals surface area contributed by atoms with Gasteiger partial charge in [-0.2, -0.15) is 9.47 Å². The summed E-state index contributed by atoms with van der Waals surface area (Å²) in [5.74, 6) is -0.317. The van der Waals surface area contributed by atoms with Crippen molar-refractivity contribution in [1.29, 1.82) is 0 Å². The van der Waals surface area contributed by atoms with Crippen molar-refractivity contribution in [2.24, 2.45) is 0 Å². The van der Waals surface area contributed by atoms with Crippen LogP contribution in [0.5, 0.6) is 0 Å². The number of nitrogen functional groups attached to an aromatic ring is 1. The molecule has 0 aromatic carbocycles. The Balaban J connectivity index is 2.13. The smallest absolute Gasteiger partial charge is 0.344 e. The first-order valence-corrected chi connectivity index (χ1v) is 5.54. The number of aromatic amines is 1. The van der Waals surface area contributed by atoms with E-state index in [0.29, 0.717) is 11.5 Å². The van der Waals surface area contributed by atoms with Crippen LogP contribution in [-0.2, 0) is 11.3 Å². The fourth-order valence-electron chi connectivity index (χ4n) is 1.28. The third kappa shape index (κ3) is 2.36. The first kappa shape index (κ1) is 11.4. The van der Waals surface area contributed by atoms with Crippen LogP contribution in [0.1, 0.15) is 15.9 Å². The number of anilines is 2. The molecule has 0 radical (unpaired) electrons. The van der Waals surface area contributed by atoms with Gasteiger partial charge in [0.25, 0.3) is 0 Å². The number of carbonyl (C=O) groups excluding carboxylic acids is 1. The molecule has 0 saturated heterocycles. The van der Waals surface area contributed by atoms with Crippen LogP contribution in [-0.4, -0.2) is 27.7 Å². The molecule has 0 bridgehead atoms. The quantitative estimate of drug-likeness (QED) is 0.697. The van der Waals surface area contributed by atoms with Crippen LogP contribution >= 0.6 is 11.5 Å². The normalized spacial score (nSPS) is 10.2. The van der Waals surface area contributed by atoms with Crippen LogP contribution in [0.25, 0.3) is 0 Å². The van der Waals surface area contributed by atoms with E-state index in [4.69, 9.17) is 5.73 Å². The summed E-state index contributed by atoms with van der Waals surface area (Å²) in [6, 6.07) is 0. The lowest BCUT2D eigenvalue weighted by Gasteiger charge is -2.04. The number of H-pyrrole nitrogens is 1. The summed E-state index contributed by atoms with van der Waals surface area (Å²) in [5.41, 5.74) is 6.85. The minimum Gasteiger partial charge on any atom is -0.465 e. The number of rotatable bonds is 4. The number of ether oxygens (including phenoxy) is 1. The molecule has 0 aliphatic heterocycles. The Morgan fingerprint density at radius 3 is 3.18 bits per heavy atom. The number of esters is 1. The molecule has 17 heavy (non-hydrogen) atoms. The predicted molar refractivity (Wildman–Crippen MR) is 63.8 cm³/mol. The summed E-state index contributed by atoms with van der Waals surface area (Å²) in [6.45, 7) is 0.530. The number of hydrogen-bond acceptors (Lipinski definition) is 7. The van der Waals surface area contributed by atoms with Gasteiger partial charge in [0, 0.05) is 18.3 Å². The largest absolute Gasteiger partial charge is 0.465 e. The lowest BCUT2D eigenvalue weighted by Crippen LogP contribution is -2.07. The Bertz CT molecular complexity index is 507. The van der Waals surface area contributed by atoms with E-state index in [0.717, 1.165) is 17.1 Å². The molecule has 8 heteroatoms. The van der Waals surface area contributed by atoms with Crippen LogP contribution in [0.4, 0.5) is 10.8 Å². The van der Waals surface area contributed by atoms with E-state index in [1.54, 1.807) is 12.4 Å². The maximum Gasteiger partial charge on any atom is 0.344 e. The van der Waals surface area contributed by atoms with Crippen molar-refractivity contribution < 1.29 is 9.53 Å².